The maximum Gasteiger partial charge on any atom is 0.0559 e. The van der Waals surface area contributed by atoms with E-state index in [0.717, 1.165) is 19.5 Å². The molecule has 2 unspecified atom stereocenters. The summed E-state index contributed by atoms with van der Waals surface area (Å²) in [5, 5.41) is 4.52. The molecule has 2 heterocycles. The van der Waals surface area contributed by atoms with Gasteiger partial charge in [-0.15, -0.1) is 0 Å². The van der Waals surface area contributed by atoms with Crippen LogP contribution in [-0.2, 0) is 6.54 Å². The Kier molecular flexibility index (Phi) is 6.05. The Morgan fingerprint density at radius 2 is 2.05 bits per heavy atom. The van der Waals surface area contributed by atoms with Gasteiger partial charge in [-0.1, -0.05) is 20.3 Å². The zero-order chi connectivity index (χ0) is 14.4. The molecule has 0 amide bonds. The van der Waals surface area contributed by atoms with E-state index in [1.807, 2.05) is 6.20 Å². The third-order valence-electron chi connectivity index (χ3n) is 4.41. The van der Waals surface area contributed by atoms with Crippen molar-refractivity contribution in [2.24, 2.45) is 11.7 Å². The second kappa shape index (κ2) is 7.79. The van der Waals surface area contributed by atoms with Crippen molar-refractivity contribution in [1.29, 1.82) is 0 Å². The number of rotatable bonds is 6. The van der Waals surface area contributed by atoms with E-state index < -0.39 is 0 Å². The van der Waals surface area contributed by atoms with Crippen molar-refractivity contribution >= 4 is 0 Å². The highest BCUT2D eigenvalue weighted by atomic mass is 15.3. The largest absolute Gasteiger partial charge is 0.330 e. The lowest BCUT2D eigenvalue weighted by Crippen LogP contribution is -2.37. The summed E-state index contributed by atoms with van der Waals surface area (Å²) in [7, 11) is 0. The SMILES string of the molecule is CCCN1CCCCC(CN)C1c1ccnn1CCC. The van der Waals surface area contributed by atoms with E-state index in [2.05, 4.69) is 34.6 Å². The van der Waals surface area contributed by atoms with Crippen LogP contribution in [0.4, 0.5) is 0 Å². The lowest BCUT2D eigenvalue weighted by molar-refractivity contribution is 0.149. The van der Waals surface area contributed by atoms with Crippen LogP contribution in [0.25, 0.3) is 0 Å². The van der Waals surface area contributed by atoms with Crippen molar-refractivity contribution in [3.8, 4) is 0 Å². The molecular weight excluding hydrogens is 248 g/mol. The summed E-state index contributed by atoms with van der Waals surface area (Å²) in [6.07, 6.45) is 8.14. The molecule has 0 aromatic carbocycles. The molecule has 20 heavy (non-hydrogen) atoms. The second-order valence-corrected chi connectivity index (χ2v) is 5.95. The van der Waals surface area contributed by atoms with Crippen LogP contribution in [0.1, 0.15) is 57.7 Å². The smallest absolute Gasteiger partial charge is 0.0559 e. The van der Waals surface area contributed by atoms with Gasteiger partial charge in [-0.25, -0.2) is 0 Å². The zero-order valence-electron chi connectivity index (χ0n) is 13.1. The fraction of sp³-hybridized carbons (Fsp3) is 0.812. The van der Waals surface area contributed by atoms with Crippen molar-refractivity contribution < 1.29 is 0 Å². The molecule has 1 aliphatic rings. The van der Waals surface area contributed by atoms with E-state index in [9.17, 15) is 0 Å². The molecule has 2 atom stereocenters. The van der Waals surface area contributed by atoms with Crippen LogP contribution in [0.15, 0.2) is 12.3 Å². The molecule has 2 rings (SSSR count). The molecule has 114 valence electrons. The number of nitrogens with two attached hydrogens (primary N) is 1. The van der Waals surface area contributed by atoms with E-state index in [4.69, 9.17) is 5.73 Å². The van der Waals surface area contributed by atoms with Crippen molar-refractivity contribution in [3.63, 3.8) is 0 Å². The number of nitrogens with zero attached hydrogens (tertiary/aromatic N) is 3. The molecule has 0 spiro atoms. The highest BCUT2D eigenvalue weighted by molar-refractivity contribution is 5.10. The van der Waals surface area contributed by atoms with E-state index in [1.54, 1.807) is 0 Å². The average Bonchev–Trinajstić information content (AvgIpc) is 2.80. The first-order chi connectivity index (χ1) is 9.81. The Morgan fingerprint density at radius 3 is 2.75 bits per heavy atom. The van der Waals surface area contributed by atoms with Gasteiger partial charge in [0.25, 0.3) is 0 Å². The van der Waals surface area contributed by atoms with E-state index in [1.165, 1.54) is 44.5 Å². The summed E-state index contributed by atoms with van der Waals surface area (Å²) in [5.74, 6) is 0.566. The molecule has 1 aliphatic heterocycles. The highest BCUT2D eigenvalue weighted by Gasteiger charge is 2.31. The first-order valence-corrected chi connectivity index (χ1v) is 8.27. The van der Waals surface area contributed by atoms with Crippen LogP contribution >= 0.6 is 0 Å². The summed E-state index contributed by atoms with van der Waals surface area (Å²) in [4.78, 5) is 2.65. The number of aryl methyl sites for hydroxylation is 1. The average molecular weight is 278 g/mol. The van der Waals surface area contributed by atoms with Crippen molar-refractivity contribution in [3.05, 3.63) is 18.0 Å². The minimum absolute atomic E-state index is 0.455. The number of aromatic nitrogens is 2. The number of hydrogen-bond donors (Lipinski definition) is 1. The molecule has 2 N–H and O–H groups in total. The van der Waals surface area contributed by atoms with Gasteiger partial charge < -0.3 is 5.73 Å². The predicted octanol–water partition coefficient (Wildman–Crippen LogP) is 2.81. The Hall–Kier alpha value is -0.870. The normalized spacial score (nSPS) is 24.8. The summed E-state index contributed by atoms with van der Waals surface area (Å²) in [6.45, 7) is 8.63. The first kappa shape index (κ1) is 15.5. The molecule has 0 saturated carbocycles. The maximum absolute atomic E-state index is 6.10. The molecule has 4 heteroatoms. The molecule has 0 aliphatic carbocycles. The monoisotopic (exact) mass is 278 g/mol. The van der Waals surface area contributed by atoms with Gasteiger partial charge in [0.1, 0.15) is 0 Å². The van der Waals surface area contributed by atoms with Crippen LogP contribution in [0.3, 0.4) is 0 Å². The molecular formula is C16H30N4. The topological polar surface area (TPSA) is 47.1 Å². The Labute approximate surface area is 123 Å². The van der Waals surface area contributed by atoms with Gasteiger partial charge >= 0.3 is 0 Å². The third kappa shape index (κ3) is 3.41. The lowest BCUT2D eigenvalue weighted by Gasteiger charge is -2.35. The fourth-order valence-electron chi connectivity index (χ4n) is 3.52. The first-order valence-electron chi connectivity index (χ1n) is 8.27. The molecule has 1 aromatic rings. The summed E-state index contributed by atoms with van der Waals surface area (Å²) in [5.41, 5.74) is 7.47. The number of likely N-dealkylation sites (tertiary alicyclic amines) is 1. The molecule has 1 aromatic heterocycles. The highest BCUT2D eigenvalue weighted by Crippen LogP contribution is 2.34. The minimum atomic E-state index is 0.455. The Balaban J connectivity index is 2.30. The third-order valence-corrected chi connectivity index (χ3v) is 4.41. The van der Waals surface area contributed by atoms with Gasteiger partial charge in [0.2, 0.25) is 0 Å². The van der Waals surface area contributed by atoms with Crippen LogP contribution in [0.5, 0.6) is 0 Å². The van der Waals surface area contributed by atoms with Crippen LogP contribution in [0.2, 0.25) is 0 Å². The standard InChI is InChI=1S/C16H30N4/c1-3-10-19-12-6-5-7-14(13-17)16(19)15-8-9-18-20(15)11-4-2/h8-9,14,16H,3-7,10-13,17H2,1-2H3. The minimum Gasteiger partial charge on any atom is -0.330 e. The van der Waals surface area contributed by atoms with Crippen molar-refractivity contribution in [2.45, 2.75) is 58.5 Å². The molecule has 4 nitrogen and oxygen atoms in total. The fourth-order valence-corrected chi connectivity index (χ4v) is 3.52. The summed E-state index contributed by atoms with van der Waals surface area (Å²) < 4.78 is 2.20. The molecule has 0 bridgehead atoms. The van der Waals surface area contributed by atoms with Crippen LogP contribution < -0.4 is 5.73 Å². The predicted molar refractivity (Wildman–Crippen MR) is 83.5 cm³/mol. The van der Waals surface area contributed by atoms with Crippen LogP contribution in [-0.4, -0.2) is 34.3 Å². The van der Waals surface area contributed by atoms with Crippen molar-refractivity contribution in [2.75, 3.05) is 19.6 Å². The lowest BCUT2D eigenvalue weighted by atomic mass is 9.92. The Bertz CT molecular complexity index is 388. The second-order valence-electron chi connectivity index (χ2n) is 5.95. The quantitative estimate of drug-likeness (QED) is 0.870. The number of hydrogen-bond acceptors (Lipinski definition) is 3. The van der Waals surface area contributed by atoms with Gasteiger partial charge in [0.15, 0.2) is 0 Å². The summed E-state index contributed by atoms with van der Waals surface area (Å²) >= 11 is 0. The molecule has 1 fully saturated rings. The summed E-state index contributed by atoms with van der Waals surface area (Å²) in [6, 6.07) is 2.66. The van der Waals surface area contributed by atoms with Gasteiger partial charge in [-0.3, -0.25) is 9.58 Å². The molecule has 0 radical (unpaired) electrons. The van der Waals surface area contributed by atoms with E-state index >= 15 is 0 Å². The maximum atomic E-state index is 6.10. The van der Waals surface area contributed by atoms with Gasteiger partial charge in [-0.2, -0.15) is 5.10 Å². The van der Waals surface area contributed by atoms with Gasteiger partial charge in [-0.05, 0) is 57.3 Å². The van der Waals surface area contributed by atoms with Crippen LogP contribution in [0, 0.1) is 5.92 Å². The van der Waals surface area contributed by atoms with E-state index in [0.29, 0.717) is 12.0 Å². The van der Waals surface area contributed by atoms with Gasteiger partial charge in [0, 0.05) is 12.7 Å². The van der Waals surface area contributed by atoms with Gasteiger partial charge in [0.05, 0.1) is 11.7 Å². The van der Waals surface area contributed by atoms with E-state index in [-0.39, 0.29) is 0 Å². The molecule has 1 saturated heterocycles. The zero-order valence-corrected chi connectivity index (χ0v) is 13.1. The Morgan fingerprint density at radius 1 is 1.25 bits per heavy atom. The van der Waals surface area contributed by atoms with Crippen molar-refractivity contribution in [1.82, 2.24) is 14.7 Å².